The lowest BCUT2D eigenvalue weighted by atomic mass is 10.1. The summed E-state index contributed by atoms with van der Waals surface area (Å²) in [6.07, 6.45) is 0. The van der Waals surface area contributed by atoms with E-state index < -0.39 is 0 Å². The molecule has 0 aliphatic heterocycles. The molecule has 0 spiro atoms. The van der Waals surface area contributed by atoms with E-state index in [9.17, 15) is 4.79 Å². The second-order valence-corrected chi connectivity index (χ2v) is 5.32. The Labute approximate surface area is 120 Å². The van der Waals surface area contributed by atoms with Gasteiger partial charge in [-0.15, -0.1) is 0 Å². The van der Waals surface area contributed by atoms with Crippen LogP contribution in [0.15, 0.2) is 36.4 Å². The first-order valence-electron chi connectivity index (χ1n) is 6.78. The van der Waals surface area contributed by atoms with Crippen molar-refractivity contribution in [1.29, 1.82) is 0 Å². The molecular weight excluding hydrogens is 248 g/mol. The molecule has 0 aromatic heterocycles. The summed E-state index contributed by atoms with van der Waals surface area (Å²) >= 11 is 0. The molecule has 0 heterocycles. The van der Waals surface area contributed by atoms with E-state index in [0.29, 0.717) is 12.2 Å². The minimum atomic E-state index is -0.258. The maximum Gasteiger partial charge on any atom is 0.338 e. The lowest BCUT2D eigenvalue weighted by Crippen LogP contribution is -2.08. The minimum absolute atomic E-state index is 0.258. The number of rotatable bonds is 3. The van der Waals surface area contributed by atoms with E-state index in [0.717, 1.165) is 22.3 Å². The van der Waals surface area contributed by atoms with E-state index in [1.165, 1.54) is 5.56 Å². The van der Waals surface area contributed by atoms with Crippen LogP contribution in [-0.2, 0) is 11.3 Å². The van der Waals surface area contributed by atoms with Crippen LogP contribution in [0.3, 0.4) is 0 Å². The molecule has 0 N–H and O–H groups in total. The average Bonchev–Trinajstić information content (AvgIpc) is 2.40. The number of benzene rings is 2. The zero-order chi connectivity index (χ0) is 14.7. The Balaban J connectivity index is 2.10. The zero-order valence-corrected chi connectivity index (χ0v) is 12.5. The van der Waals surface area contributed by atoms with Crippen molar-refractivity contribution in [2.24, 2.45) is 0 Å². The molecule has 0 saturated carbocycles. The Morgan fingerprint density at radius 3 is 2.25 bits per heavy atom. The van der Waals surface area contributed by atoms with Gasteiger partial charge in [-0.05, 0) is 50.5 Å². The lowest BCUT2D eigenvalue weighted by molar-refractivity contribution is 0.0471. The van der Waals surface area contributed by atoms with E-state index in [2.05, 4.69) is 13.0 Å². The summed E-state index contributed by atoms with van der Waals surface area (Å²) in [7, 11) is 0. The lowest BCUT2D eigenvalue weighted by Gasteiger charge is -2.10. The molecule has 2 heteroatoms. The molecule has 2 rings (SSSR count). The Kier molecular flexibility index (Phi) is 4.23. The summed E-state index contributed by atoms with van der Waals surface area (Å²) in [5.74, 6) is -0.258. The zero-order valence-electron chi connectivity index (χ0n) is 12.5. The van der Waals surface area contributed by atoms with E-state index in [-0.39, 0.29) is 5.97 Å². The predicted molar refractivity (Wildman–Crippen MR) is 81.0 cm³/mol. The molecular formula is C18H20O2. The number of hydrogen-bond donors (Lipinski definition) is 0. The van der Waals surface area contributed by atoms with Gasteiger partial charge in [-0.2, -0.15) is 0 Å². The average molecular weight is 268 g/mol. The van der Waals surface area contributed by atoms with Gasteiger partial charge in [0.2, 0.25) is 0 Å². The van der Waals surface area contributed by atoms with Crippen LogP contribution >= 0.6 is 0 Å². The van der Waals surface area contributed by atoms with Crippen molar-refractivity contribution >= 4 is 5.97 Å². The number of esters is 1. The summed E-state index contributed by atoms with van der Waals surface area (Å²) in [6.45, 7) is 8.30. The van der Waals surface area contributed by atoms with Crippen LogP contribution in [0, 0.1) is 27.7 Å². The molecule has 0 amide bonds. The van der Waals surface area contributed by atoms with Crippen molar-refractivity contribution in [3.8, 4) is 0 Å². The molecule has 0 aliphatic carbocycles. The summed E-state index contributed by atoms with van der Waals surface area (Å²) in [6, 6.07) is 12.0. The van der Waals surface area contributed by atoms with Crippen molar-refractivity contribution in [2.75, 3.05) is 0 Å². The molecule has 0 fully saturated rings. The highest BCUT2D eigenvalue weighted by Crippen LogP contribution is 2.15. The number of carbonyl (C=O) groups excluding carboxylic acids is 1. The predicted octanol–water partition coefficient (Wildman–Crippen LogP) is 4.28. The molecule has 0 unspecified atom stereocenters. The largest absolute Gasteiger partial charge is 0.457 e. The monoisotopic (exact) mass is 268 g/mol. The minimum Gasteiger partial charge on any atom is -0.457 e. The normalized spacial score (nSPS) is 10.4. The fourth-order valence-electron chi connectivity index (χ4n) is 2.18. The van der Waals surface area contributed by atoms with E-state index in [4.69, 9.17) is 4.74 Å². The van der Waals surface area contributed by atoms with Gasteiger partial charge in [0, 0.05) is 0 Å². The summed E-state index contributed by atoms with van der Waals surface area (Å²) in [4.78, 5) is 12.1. The third-order valence-electron chi connectivity index (χ3n) is 3.47. The summed E-state index contributed by atoms with van der Waals surface area (Å²) < 4.78 is 5.43. The second-order valence-electron chi connectivity index (χ2n) is 5.32. The number of carbonyl (C=O) groups is 1. The topological polar surface area (TPSA) is 26.3 Å². The van der Waals surface area contributed by atoms with E-state index >= 15 is 0 Å². The summed E-state index contributed by atoms with van der Waals surface area (Å²) in [5, 5.41) is 0. The molecule has 0 bridgehead atoms. The van der Waals surface area contributed by atoms with Gasteiger partial charge in [-0.1, -0.05) is 41.5 Å². The SMILES string of the molecule is Cc1ccc(COC(=O)c2cc(C)ccc2C)c(C)c1. The van der Waals surface area contributed by atoms with Gasteiger partial charge >= 0.3 is 5.97 Å². The highest BCUT2D eigenvalue weighted by molar-refractivity contribution is 5.91. The second kappa shape index (κ2) is 5.91. The molecule has 2 aromatic rings. The third-order valence-corrected chi connectivity index (χ3v) is 3.47. The Bertz CT molecular complexity index is 642. The molecule has 0 saturated heterocycles. The van der Waals surface area contributed by atoms with Gasteiger partial charge < -0.3 is 4.74 Å². The van der Waals surface area contributed by atoms with Crippen LogP contribution in [0.2, 0.25) is 0 Å². The van der Waals surface area contributed by atoms with Gasteiger partial charge in [0.25, 0.3) is 0 Å². The van der Waals surface area contributed by atoms with Crippen molar-refractivity contribution in [3.63, 3.8) is 0 Å². The van der Waals surface area contributed by atoms with Gasteiger partial charge in [0.1, 0.15) is 6.61 Å². The molecule has 0 aliphatic rings. The molecule has 0 radical (unpaired) electrons. The van der Waals surface area contributed by atoms with Gasteiger partial charge in [-0.3, -0.25) is 0 Å². The first-order valence-corrected chi connectivity index (χ1v) is 6.78. The van der Waals surface area contributed by atoms with Gasteiger partial charge in [0.15, 0.2) is 0 Å². The molecule has 2 nitrogen and oxygen atoms in total. The quantitative estimate of drug-likeness (QED) is 0.777. The Morgan fingerprint density at radius 1 is 0.900 bits per heavy atom. The fraction of sp³-hybridized carbons (Fsp3) is 0.278. The highest BCUT2D eigenvalue weighted by atomic mass is 16.5. The van der Waals surface area contributed by atoms with Gasteiger partial charge in [-0.25, -0.2) is 4.79 Å². The Morgan fingerprint density at radius 2 is 1.55 bits per heavy atom. The van der Waals surface area contributed by atoms with Crippen LogP contribution in [-0.4, -0.2) is 5.97 Å². The fourth-order valence-corrected chi connectivity index (χ4v) is 2.18. The van der Waals surface area contributed by atoms with Crippen LogP contribution in [0.4, 0.5) is 0 Å². The number of ether oxygens (including phenoxy) is 1. The molecule has 20 heavy (non-hydrogen) atoms. The smallest absolute Gasteiger partial charge is 0.338 e. The first kappa shape index (κ1) is 14.3. The number of hydrogen-bond acceptors (Lipinski definition) is 2. The van der Waals surface area contributed by atoms with Gasteiger partial charge in [0.05, 0.1) is 5.56 Å². The van der Waals surface area contributed by atoms with Crippen molar-refractivity contribution < 1.29 is 9.53 Å². The van der Waals surface area contributed by atoms with Crippen LogP contribution in [0.1, 0.15) is 38.2 Å². The van der Waals surface area contributed by atoms with Crippen molar-refractivity contribution in [1.82, 2.24) is 0 Å². The van der Waals surface area contributed by atoms with Crippen molar-refractivity contribution in [2.45, 2.75) is 34.3 Å². The highest BCUT2D eigenvalue weighted by Gasteiger charge is 2.11. The van der Waals surface area contributed by atoms with Crippen LogP contribution in [0.5, 0.6) is 0 Å². The standard InChI is InChI=1S/C18H20O2/c1-12-6-8-16(15(4)9-12)11-20-18(19)17-10-13(2)5-7-14(17)3/h5-10H,11H2,1-4H3. The third kappa shape index (κ3) is 3.27. The Hall–Kier alpha value is -2.09. The molecule has 104 valence electrons. The van der Waals surface area contributed by atoms with Crippen LogP contribution in [0.25, 0.3) is 0 Å². The maximum atomic E-state index is 12.1. The van der Waals surface area contributed by atoms with E-state index in [1.807, 2.05) is 51.1 Å². The van der Waals surface area contributed by atoms with E-state index in [1.54, 1.807) is 0 Å². The maximum absolute atomic E-state index is 12.1. The van der Waals surface area contributed by atoms with Crippen LogP contribution < -0.4 is 0 Å². The summed E-state index contributed by atoms with van der Waals surface area (Å²) in [5.41, 5.74) is 6.07. The number of aryl methyl sites for hydroxylation is 4. The first-order chi connectivity index (χ1) is 9.47. The molecule has 0 atom stereocenters. The molecule has 2 aromatic carbocycles. The van der Waals surface area contributed by atoms with Crippen molar-refractivity contribution in [3.05, 3.63) is 69.8 Å².